The first-order valence-corrected chi connectivity index (χ1v) is 6.80. The molecule has 2 N–H and O–H groups in total. The third-order valence-electron chi connectivity index (χ3n) is 3.28. The molecule has 0 aliphatic carbocycles. The molecule has 21 heavy (non-hydrogen) atoms. The number of aromatic carboxylic acids is 1. The van der Waals surface area contributed by atoms with Gasteiger partial charge in [0.05, 0.1) is 12.7 Å². The average Bonchev–Trinajstić information content (AvgIpc) is 2.46. The van der Waals surface area contributed by atoms with Crippen LogP contribution in [0.4, 0.5) is 5.69 Å². The van der Waals surface area contributed by atoms with Crippen LogP contribution in [-0.2, 0) is 6.54 Å². The molecule has 0 fully saturated rings. The van der Waals surface area contributed by atoms with E-state index in [1.807, 2.05) is 12.1 Å². The van der Waals surface area contributed by atoms with Crippen molar-refractivity contribution in [2.75, 3.05) is 12.4 Å². The lowest BCUT2D eigenvalue weighted by molar-refractivity contribution is 0.0696. The fourth-order valence-electron chi connectivity index (χ4n) is 2.13. The van der Waals surface area contributed by atoms with Crippen molar-refractivity contribution in [2.24, 2.45) is 0 Å². The minimum Gasteiger partial charge on any atom is -0.496 e. The molecular weight excluding hydrogens is 290 g/mol. The molecule has 0 unspecified atom stereocenters. The van der Waals surface area contributed by atoms with Gasteiger partial charge in [0.2, 0.25) is 0 Å². The highest BCUT2D eigenvalue weighted by atomic mass is 35.5. The van der Waals surface area contributed by atoms with Crippen molar-refractivity contribution < 1.29 is 14.6 Å². The first-order chi connectivity index (χ1) is 10.0. The number of hydrogen-bond acceptors (Lipinski definition) is 3. The molecule has 0 heterocycles. The average molecular weight is 306 g/mol. The van der Waals surface area contributed by atoms with E-state index in [9.17, 15) is 4.79 Å². The monoisotopic (exact) mass is 305 g/mol. The van der Waals surface area contributed by atoms with Crippen LogP contribution >= 0.6 is 11.6 Å². The predicted octanol–water partition coefficient (Wildman–Crippen LogP) is 3.97. The fraction of sp³-hybridized carbons (Fsp3) is 0.188. The predicted molar refractivity (Wildman–Crippen MR) is 83.5 cm³/mol. The largest absolute Gasteiger partial charge is 0.496 e. The lowest BCUT2D eigenvalue weighted by atomic mass is 10.1. The van der Waals surface area contributed by atoms with Gasteiger partial charge in [-0.25, -0.2) is 4.79 Å². The van der Waals surface area contributed by atoms with Crippen LogP contribution in [-0.4, -0.2) is 18.2 Å². The highest BCUT2D eigenvalue weighted by Gasteiger charge is 2.10. The summed E-state index contributed by atoms with van der Waals surface area (Å²) in [7, 11) is 1.60. The molecule has 0 saturated carbocycles. The molecule has 2 aromatic rings. The van der Waals surface area contributed by atoms with Crippen LogP contribution in [0, 0.1) is 6.92 Å². The smallest absolute Gasteiger partial charge is 0.336 e. The van der Waals surface area contributed by atoms with Gasteiger partial charge in [-0.2, -0.15) is 0 Å². The SMILES string of the molecule is COc1ccc(Cl)cc1CNc1cccc(C(=O)O)c1C. The first kappa shape index (κ1) is 15.2. The zero-order valence-corrected chi connectivity index (χ0v) is 12.6. The van der Waals surface area contributed by atoms with Gasteiger partial charge in [-0.1, -0.05) is 17.7 Å². The summed E-state index contributed by atoms with van der Waals surface area (Å²) in [4.78, 5) is 11.1. The molecule has 0 bridgehead atoms. The van der Waals surface area contributed by atoms with Crippen molar-refractivity contribution in [3.63, 3.8) is 0 Å². The van der Waals surface area contributed by atoms with E-state index >= 15 is 0 Å². The van der Waals surface area contributed by atoms with E-state index in [4.69, 9.17) is 21.4 Å². The Kier molecular flexibility index (Phi) is 4.70. The molecule has 5 heteroatoms. The van der Waals surface area contributed by atoms with Crippen molar-refractivity contribution in [1.82, 2.24) is 0 Å². The van der Waals surface area contributed by atoms with E-state index in [0.29, 0.717) is 17.1 Å². The van der Waals surface area contributed by atoms with E-state index in [2.05, 4.69) is 5.32 Å². The molecule has 0 aromatic heterocycles. The molecule has 4 nitrogen and oxygen atoms in total. The maximum absolute atomic E-state index is 11.1. The lowest BCUT2D eigenvalue weighted by Crippen LogP contribution is -2.06. The third kappa shape index (κ3) is 3.47. The van der Waals surface area contributed by atoms with Crippen LogP contribution in [0.1, 0.15) is 21.5 Å². The lowest BCUT2D eigenvalue weighted by Gasteiger charge is -2.14. The van der Waals surface area contributed by atoms with Gasteiger partial charge in [-0.15, -0.1) is 0 Å². The normalized spacial score (nSPS) is 10.2. The van der Waals surface area contributed by atoms with Crippen molar-refractivity contribution in [3.8, 4) is 5.75 Å². The Hall–Kier alpha value is -2.20. The molecule has 0 saturated heterocycles. The van der Waals surface area contributed by atoms with Crippen LogP contribution in [0.15, 0.2) is 36.4 Å². The number of benzene rings is 2. The quantitative estimate of drug-likeness (QED) is 0.877. The Bertz CT molecular complexity index is 671. The van der Waals surface area contributed by atoms with Crippen LogP contribution in [0.25, 0.3) is 0 Å². The summed E-state index contributed by atoms with van der Waals surface area (Å²) in [5.41, 5.74) is 2.67. The minimum atomic E-state index is -0.934. The molecule has 2 rings (SSSR count). The van der Waals surface area contributed by atoms with Crippen molar-refractivity contribution >= 4 is 23.3 Å². The van der Waals surface area contributed by atoms with Crippen molar-refractivity contribution in [1.29, 1.82) is 0 Å². The number of ether oxygens (including phenoxy) is 1. The van der Waals surface area contributed by atoms with Gasteiger partial charge in [-0.05, 0) is 42.8 Å². The van der Waals surface area contributed by atoms with Gasteiger partial charge < -0.3 is 15.2 Å². The van der Waals surface area contributed by atoms with Gasteiger partial charge in [0.25, 0.3) is 0 Å². The summed E-state index contributed by atoms with van der Waals surface area (Å²) in [6.07, 6.45) is 0. The molecule has 0 radical (unpaired) electrons. The molecule has 0 spiro atoms. The molecular formula is C16H16ClNO3. The van der Waals surface area contributed by atoms with E-state index in [1.165, 1.54) is 0 Å². The Morgan fingerprint density at radius 2 is 2.10 bits per heavy atom. The second-order valence-electron chi connectivity index (χ2n) is 4.59. The maximum Gasteiger partial charge on any atom is 0.336 e. The van der Waals surface area contributed by atoms with Crippen LogP contribution in [0.3, 0.4) is 0 Å². The number of nitrogens with one attached hydrogen (secondary N) is 1. The Balaban J connectivity index is 2.23. The van der Waals surface area contributed by atoms with E-state index in [1.54, 1.807) is 38.3 Å². The number of anilines is 1. The van der Waals surface area contributed by atoms with E-state index in [0.717, 1.165) is 17.0 Å². The van der Waals surface area contributed by atoms with Crippen molar-refractivity contribution in [3.05, 3.63) is 58.1 Å². The number of rotatable bonds is 5. The number of carbonyl (C=O) groups is 1. The summed E-state index contributed by atoms with van der Waals surface area (Å²) in [5.74, 6) is -0.199. The first-order valence-electron chi connectivity index (χ1n) is 6.42. The Morgan fingerprint density at radius 3 is 2.76 bits per heavy atom. The second kappa shape index (κ2) is 6.50. The highest BCUT2D eigenvalue weighted by molar-refractivity contribution is 6.30. The maximum atomic E-state index is 11.1. The molecule has 110 valence electrons. The topological polar surface area (TPSA) is 58.6 Å². The fourth-order valence-corrected chi connectivity index (χ4v) is 2.33. The summed E-state index contributed by atoms with van der Waals surface area (Å²) < 4.78 is 5.29. The third-order valence-corrected chi connectivity index (χ3v) is 3.51. The Labute approximate surface area is 128 Å². The standard InChI is InChI=1S/C16H16ClNO3/c1-10-13(16(19)20)4-3-5-14(10)18-9-11-8-12(17)6-7-15(11)21-2/h3-8,18H,9H2,1-2H3,(H,19,20). The number of halogens is 1. The molecule has 0 atom stereocenters. The van der Waals surface area contributed by atoms with Gasteiger partial charge in [0, 0.05) is 22.8 Å². The van der Waals surface area contributed by atoms with Crippen molar-refractivity contribution in [2.45, 2.75) is 13.5 Å². The highest BCUT2D eigenvalue weighted by Crippen LogP contribution is 2.25. The van der Waals surface area contributed by atoms with Crippen LogP contribution < -0.4 is 10.1 Å². The van der Waals surface area contributed by atoms with Gasteiger partial charge in [0.15, 0.2) is 0 Å². The number of methoxy groups -OCH3 is 1. The van der Waals surface area contributed by atoms with E-state index in [-0.39, 0.29) is 5.56 Å². The summed E-state index contributed by atoms with van der Waals surface area (Å²) >= 11 is 5.99. The number of hydrogen-bond donors (Lipinski definition) is 2. The van der Waals surface area contributed by atoms with Crippen LogP contribution in [0.5, 0.6) is 5.75 Å². The number of carboxylic acids is 1. The molecule has 0 aliphatic heterocycles. The zero-order valence-electron chi connectivity index (χ0n) is 11.8. The number of carboxylic acid groups (broad SMARTS) is 1. The molecule has 0 amide bonds. The summed E-state index contributed by atoms with van der Waals surface area (Å²) in [6.45, 7) is 2.27. The molecule has 2 aromatic carbocycles. The second-order valence-corrected chi connectivity index (χ2v) is 5.03. The summed E-state index contributed by atoms with van der Waals surface area (Å²) in [6, 6.07) is 10.5. The summed E-state index contributed by atoms with van der Waals surface area (Å²) in [5, 5.41) is 13.0. The van der Waals surface area contributed by atoms with Gasteiger partial charge in [-0.3, -0.25) is 0 Å². The van der Waals surface area contributed by atoms with E-state index < -0.39 is 5.97 Å². The zero-order chi connectivity index (χ0) is 15.4. The molecule has 0 aliphatic rings. The minimum absolute atomic E-state index is 0.290. The van der Waals surface area contributed by atoms with Gasteiger partial charge in [0.1, 0.15) is 5.75 Å². The van der Waals surface area contributed by atoms with Crippen LogP contribution in [0.2, 0.25) is 5.02 Å². The Morgan fingerprint density at radius 1 is 1.33 bits per heavy atom. The van der Waals surface area contributed by atoms with Gasteiger partial charge >= 0.3 is 5.97 Å².